The fourth-order valence-corrected chi connectivity index (χ4v) is 3.87. The lowest BCUT2D eigenvalue weighted by Gasteiger charge is -2.32. The van der Waals surface area contributed by atoms with Crippen molar-refractivity contribution in [3.8, 4) is 0 Å². The van der Waals surface area contributed by atoms with Crippen LogP contribution in [0.5, 0.6) is 0 Å². The molecule has 1 heterocycles. The van der Waals surface area contributed by atoms with Gasteiger partial charge in [-0.05, 0) is 35.0 Å². The third kappa shape index (κ3) is 4.58. The van der Waals surface area contributed by atoms with Crippen LogP contribution in [0.25, 0.3) is 10.8 Å². The first kappa shape index (κ1) is 19.4. The van der Waals surface area contributed by atoms with Crippen molar-refractivity contribution >= 4 is 39.9 Å². The van der Waals surface area contributed by atoms with E-state index in [1.165, 1.54) is 0 Å². The Labute approximate surface area is 174 Å². The Morgan fingerprint density at radius 1 is 0.931 bits per heavy atom. The Bertz CT molecular complexity index is 1040. The number of para-hydroxylation sites is 1. The number of hydrogen-bond acceptors (Lipinski definition) is 2. The van der Waals surface area contributed by atoms with Crippen molar-refractivity contribution in [2.75, 3.05) is 38.0 Å². The van der Waals surface area contributed by atoms with Crippen LogP contribution in [0.4, 0.5) is 5.69 Å². The monoisotopic (exact) mass is 408 g/mol. The van der Waals surface area contributed by atoms with Crippen LogP contribution in [0.3, 0.4) is 0 Å². The highest BCUT2D eigenvalue weighted by molar-refractivity contribution is 6.33. The number of carbonyl (C=O) groups excluding carboxylic acids is 2. The number of rotatable bonds is 4. The highest BCUT2D eigenvalue weighted by Gasteiger charge is 2.26. The van der Waals surface area contributed by atoms with Gasteiger partial charge in [-0.25, -0.2) is 0 Å². The van der Waals surface area contributed by atoms with Gasteiger partial charge in [0.25, 0.3) is 11.8 Å². The number of quaternary nitrogens is 1. The van der Waals surface area contributed by atoms with Crippen molar-refractivity contribution < 1.29 is 14.5 Å². The first-order valence-corrected chi connectivity index (χ1v) is 10.1. The average molecular weight is 409 g/mol. The van der Waals surface area contributed by atoms with Crippen molar-refractivity contribution in [3.05, 3.63) is 77.3 Å². The summed E-state index contributed by atoms with van der Waals surface area (Å²) in [6, 6.07) is 21.1. The van der Waals surface area contributed by atoms with Gasteiger partial charge >= 0.3 is 0 Å². The van der Waals surface area contributed by atoms with Gasteiger partial charge in [0.2, 0.25) is 0 Å². The Kier molecular flexibility index (Phi) is 5.79. The van der Waals surface area contributed by atoms with Crippen LogP contribution in [-0.2, 0) is 4.79 Å². The number of halogens is 1. The minimum absolute atomic E-state index is 0.0512. The molecule has 1 aliphatic heterocycles. The summed E-state index contributed by atoms with van der Waals surface area (Å²) in [6.45, 7) is 3.13. The second-order valence-corrected chi connectivity index (χ2v) is 7.72. The van der Waals surface area contributed by atoms with Gasteiger partial charge in [0, 0.05) is 5.56 Å². The van der Waals surface area contributed by atoms with Crippen LogP contribution in [-0.4, -0.2) is 49.4 Å². The Morgan fingerprint density at radius 2 is 1.62 bits per heavy atom. The zero-order valence-electron chi connectivity index (χ0n) is 16.0. The summed E-state index contributed by atoms with van der Waals surface area (Å²) < 4.78 is 0. The highest BCUT2D eigenvalue weighted by Crippen LogP contribution is 2.20. The maximum absolute atomic E-state index is 12.9. The van der Waals surface area contributed by atoms with Gasteiger partial charge in [0.1, 0.15) is 0 Å². The minimum atomic E-state index is -0.0672. The summed E-state index contributed by atoms with van der Waals surface area (Å²) in [5.74, 6) is -0.0160. The Hall–Kier alpha value is -2.89. The lowest BCUT2D eigenvalue weighted by molar-refractivity contribution is -0.895. The van der Waals surface area contributed by atoms with Crippen LogP contribution in [0.2, 0.25) is 5.02 Å². The molecule has 3 aromatic carbocycles. The lowest BCUT2D eigenvalue weighted by atomic mass is 10.1. The fraction of sp³-hybridized carbons (Fsp3) is 0.217. The molecule has 148 valence electrons. The zero-order valence-corrected chi connectivity index (χ0v) is 16.8. The van der Waals surface area contributed by atoms with Crippen LogP contribution in [0, 0.1) is 0 Å². The van der Waals surface area contributed by atoms with Gasteiger partial charge < -0.3 is 15.1 Å². The molecule has 2 N–H and O–H groups in total. The summed E-state index contributed by atoms with van der Waals surface area (Å²) in [4.78, 5) is 28.2. The lowest BCUT2D eigenvalue weighted by Crippen LogP contribution is -3.15. The molecule has 0 saturated carbocycles. The largest absolute Gasteiger partial charge is 0.327 e. The Balaban J connectivity index is 1.32. The molecule has 0 bridgehead atoms. The van der Waals surface area contributed by atoms with E-state index in [2.05, 4.69) is 5.32 Å². The number of anilines is 1. The number of amides is 2. The molecule has 2 amide bonds. The van der Waals surface area contributed by atoms with E-state index >= 15 is 0 Å². The van der Waals surface area contributed by atoms with Gasteiger partial charge in [-0.2, -0.15) is 0 Å². The summed E-state index contributed by atoms with van der Waals surface area (Å²) >= 11 is 6.09. The molecule has 0 radical (unpaired) electrons. The normalized spacial score (nSPS) is 14.7. The topological polar surface area (TPSA) is 53.9 Å². The second kappa shape index (κ2) is 8.64. The van der Waals surface area contributed by atoms with Crippen LogP contribution < -0.4 is 10.2 Å². The SMILES string of the molecule is O=C(C[NH+]1CCN(C(=O)c2ccc3ccccc3c2)CC1)Nc1ccccc1Cl. The molecule has 6 heteroatoms. The quantitative estimate of drug-likeness (QED) is 0.696. The number of nitrogens with one attached hydrogen (secondary N) is 2. The molecule has 0 atom stereocenters. The number of fused-ring (bicyclic) bond motifs is 1. The molecule has 0 aromatic heterocycles. The van der Waals surface area contributed by atoms with E-state index in [1.54, 1.807) is 12.1 Å². The maximum atomic E-state index is 12.9. The third-order valence-corrected chi connectivity index (χ3v) is 5.64. The maximum Gasteiger partial charge on any atom is 0.279 e. The predicted molar refractivity (Wildman–Crippen MR) is 115 cm³/mol. The van der Waals surface area contributed by atoms with Gasteiger partial charge in [-0.3, -0.25) is 9.59 Å². The van der Waals surface area contributed by atoms with E-state index in [0.29, 0.717) is 35.9 Å². The second-order valence-electron chi connectivity index (χ2n) is 7.31. The number of benzene rings is 3. The van der Waals surface area contributed by atoms with Crippen LogP contribution in [0.15, 0.2) is 66.7 Å². The predicted octanol–water partition coefficient (Wildman–Crippen LogP) is 2.47. The molecular formula is C23H23ClN3O2+. The smallest absolute Gasteiger partial charge is 0.279 e. The molecule has 1 saturated heterocycles. The number of nitrogens with zero attached hydrogens (tertiary/aromatic N) is 1. The molecular weight excluding hydrogens is 386 g/mol. The zero-order chi connectivity index (χ0) is 20.2. The summed E-state index contributed by atoms with van der Waals surface area (Å²) in [6.07, 6.45) is 0. The summed E-state index contributed by atoms with van der Waals surface area (Å²) in [7, 11) is 0. The van der Waals surface area contributed by atoms with E-state index in [4.69, 9.17) is 11.6 Å². The van der Waals surface area contributed by atoms with Crippen molar-refractivity contribution in [1.82, 2.24) is 4.90 Å². The molecule has 0 spiro atoms. The molecule has 0 unspecified atom stereocenters. The van der Waals surface area contributed by atoms with E-state index in [1.807, 2.05) is 59.5 Å². The molecule has 29 heavy (non-hydrogen) atoms. The molecule has 3 aromatic rings. The number of hydrogen-bond donors (Lipinski definition) is 2. The standard InChI is InChI=1S/C23H22ClN3O2/c24-20-7-3-4-8-21(20)25-22(28)16-26-11-13-27(14-12-26)23(29)19-10-9-17-5-1-2-6-18(17)15-19/h1-10,15H,11-14,16H2,(H,25,28)/p+1. The van der Waals surface area contributed by atoms with Crippen molar-refractivity contribution in [1.29, 1.82) is 0 Å². The number of piperazine rings is 1. The molecule has 4 rings (SSSR count). The van der Waals surface area contributed by atoms with Crippen LogP contribution >= 0.6 is 11.6 Å². The van der Waals surface area contributed by atoms with Gasteiger partial charge in [-0.15, -0.1) is 0 Å². The first-order valence-electron chi connectivity index (χ1n) is 9.76. The van der Waals surface area contributed by atoms with E-state index in [-0.39, 0.29) is 11.8 Å². The first-order chi connectivity index (χ1) is 14.1. The van der Waals surface area contributed by atoms with Crippen molar-refractivity contribution in [3.63, 3.8) is 0 Å². The summed E-state index contributed by atoms with van der Waals surface area (Å²) in [5.41, 5.74) is 1.34. The van der Waals surface area contributed by atoms with E-state index in [0.717, 1.165) is 28.8 Å². The average Bonchev–Trinajstić information content (AvgIpc) is 2.75. The van der Waals surface area contributed by atoms with Crippen molar-refractivity contribution in [2.24, 2.45) is 0 Å². The fourth-order valence-electron chi connectivity index (χ4n) is 3.69. The number of carbonyl (C=O) groups is 2. The molecule has 5 nitrogen and oxygen atoms in total. The molecule has 0 aliphatic carbocycles. The summed E-state index contributed by atoms with van der Waals surface area (Å²) in [5, 5.41) is 5.59. The van der Waals surface area contributed by atoms with Crippen LogP contribution in [0.1, 0.15) is 10.4 Å². The molecule has 1 fully saturated rings. The van der Waals surface area contributed by atoms with E-state index < -0.39 is 0 Å². The van der Waals surface area contributed by atoms with Crippen molar-refractivity contribution in [2.45, 2.75) is 0 Å². The Morgan fingerprint density at radius 3 is 2.38 bits per heavy atom. The van der Waals surface area contributed by atoms with Gasteiger partial charge in [0.15, 0.2) is 6.54 Å². The van der Waals surface area contributed by atoms with Gasteiger partial charge in [0.05, 0.1) is 36.9 Å². The third-order valence-electron chi connectivity index (χ3n) is 5.31. The molecule has 1 aliphatic rings. The minimum Gasteiger partial charge on any atom is -0.327 e. The highest BCUT2D eigenvalue weighted by atomic mass is 35.5. The van der Waals surface area contributed by atoms with Gasteiger partial charge in [-0.1, -0.05) is 54.1 Å². The van der Waals surface area contributed by atoms with E-state index in [9.17, 15) is 9.59 Å².